The molecule has 1 saturated carbocycles. The Morgan fingerprint density at radius 1 is 0.974 bits per heavy atom. The van der Waals surface area contributed by atoms with Crippen molar-refractivity contribution in [2.45, 2.75) is 75.6 Å². The number of rotatable bonds is 5. The molecule has 208 valence electrons. The third-order valence-corrected chi connectivity index (χ3v) is 8.15. The van der Waals surface area contributed by atoms with Gasteiger partial charge in [-0.1, -0.05) is 18.2 Å². The molecule has 5 rings (SSSR count). The zero-order valence-electron chi connectivity index (χ0n) is 20.5. The van der Waals surface area contributed by atoms with Crippen LogP contribution in [-0.4, -0.2) is 53.6 Å². The maximum atomic E-state index is 14.2. The highest BCUT2D eigenvalue weighted by Crippen LogP contribution is 2.44. The van der Waals surface area contributed by atoms with Crippen LogP contribution in [0.15, 0.2) is 30.3 Å². The topological polar surface area (TPSA) is 59.0 Å². The molecule has 2 aromatic carbocycles. The summed E-state index contributed by atoms with van der Waals surface area (Å²) in [5.74, 6) is -3.06. The van der Waals surface area contributed by atoms with Crippen LogP contribution in [0, 0.1) is 11.8 Å². The summed E-state index contributed by atoms with van der Waals surface area (Å²) >= 11 is 0. The highest BCUT2D eigenvalue weighted by atomic mass is 19.4. The minimum atomic E-state index is -4.72. The third kappa shape index (κ3) is 5.59. The lowest BCUT2D eigenvalue weighted by Gasteiger charge is -2.47. The predicted octanol–water partition coefficient (Wildman–Crippen LogP) is 6.42. The number of ether oxygens (including phenoxy) is 2. The molecule has 11 heteroatoms. The molecule has 0 aromatic heterocycles. The van der Waals surface area contributed by atoms with Crippen LogP contribution in [0.1, 0.15) is 49.7 Å². The summed E-state index contributed by atoms with van der Waals surface area (Å²) in [4.78, 5) is 13.7. The van der Waals surface area contributed by atoms with Crippen LogP contribution in [0.25, 0.3) is 10.8 Å². The molecule has 0 radical (unpaired) electrons. The number of benzene rings is 2. The van der Waals surface area contributed by atoms with Crippen molar-refractivity contribution in [3.8, 4) is 5.75 Å². The number of morpholine rings is 1. The Kier molecular flexibility index (Phi) is 7.28. The van der Waals surface area contributed by atoms with Crippen LogP contribution in [0.4, 0.5) is 26.3 Å². The van der Waals surface area contributed by atoms with Gasteiger partial charge in [0.25, 0.3) is 0 Å². The summed E-state index contributed by atoms with van der Waals surface area (Å²) < 4.78 is 92.7. The van der Waals surface area contributed by atoms with Gasteiger partial charge in [0.2, 0.25) is 0 Å². The number of hydrogen-bond donors (Lipinski definition) is 1. The van der Waals surface area contributed by atoms with Gasteiger partial charge in [0.05, 0.1) is 31.2 Å². The maximum Gasteiger partial charge on any atom is 0.420 e. The molecule has 2 aromatic rings. The molecule has 1 N–H and O–H groups in total. The molecule has 38 heavy (non-hydrogen) atoms. The number of fused-ring (bicyclic) bond motifs is 3. The number of carboxylic acids is 1. The molecule has 2 saturated heterocycles. The summed E-state index contributed by atoms with van der Waals surface area (Å²) in [6.07, 6.45) is -9.04. The molecular formula is C27H29F6NO4. The molecule has 3 fully saturated rings. The minimum absolute atomic E-state index is 0.0316. The summed E-state index contributed by atoms with van der Waals surface area (Å²) in [5.41, 5.74) is -0.123. The number of alkyl halides is 6. The first-order valence-corrected chi connectivity index (χ1v) is 12.8. The molecule has 5 nitrogen and oxygen atoms in total. The molecule has 2 aliphatic heterocycles. The first kappa shape index (κ1) is 27.1. The van der Waals surface area contributed by atoms with Gasteiger partial charge in [-0.05, 0) is 67.0 Å². The molecule has 2 bridgehead atoms. The van der Waals surface area contributed by atoms with Crippen LogP contribution in [-0.2, 0) is 22.3 Å². The zero-order valence-corrected chi connectivity index (χ0v) is 20.5. The van der Waals surface area contributed by atoms with Crippen LogP contribution in [0.3, 0.4) is 0 Å². The van der Waals surface area contributed by atoms with Crippen LogP contribution in [0.2, 0.25) is 0 Å². The standard InChI is InChI=1S/C27H29F6NO4/c28-26(29,30)18-3-5-21(6-4-18)38-23-8-2-16-9-15(1-7-22(16)24(23)27(31,32)33)12-34-19-10-17(25(35)36)11-20(34)14-37-13-19/h1-2,7-9,17-21H,3-6,10-14H2,(H,35,36). The second-order valence-corrected chi connectivity index (χ2v) is 10.6. The fourth-order valence-corrected chi connectivity index (χ4v) is 6.20. The number of piperidine rings is 1. The van der Waals surface area contributed by atoms with Crippen LogP contribution >= 0.6 is 0 Å². The predicted molar refractivity (Wildman–Crippen MR) is 126 cm³/mol. The molecule has 2 heterocycles. The SMILES string of the molecule is O=C(O)C1CC2COCC(C1)N2Cc1ccc2c(C(F)(F)F)c(OC3CCC(C(F)(F)F)CC3)ccc2c1. The Bertz CT molecular complexity index is 1160. The van der Waals surface area contributed by atoms with E-state index in [1.165, 1.54) is 12.1 Å². The van der Waals surface area contributed by atoms with E-state index < -0.39 is 41.8 Å². The summed E-state index contributed by atoms with van der Waals surface area (Å²) in [5, 5.41) is 9.79. The second-order valence-electron chi connectivity index (χ2n) is 10.6. The number of halogens is 6. The monoisotopic (exact) mass is 545 g/mol. The van der Waals surface area contributed by atoms with E-state index in [1.54, 1.807) is 18.2 Å². The van der Waals surface area contributed by atoms with E-state index in [2.05, 4.69) is 4.90 Å². The molecule has 1 aliphatic carbocycles. The third-order valence-electron chi connectivity index (χ3n) is 8.15. The lowest BCUT2D eigenvalue weighted by molar-refractivity contribution is -0.185. The van der Waals surface area contributed by atoms with Gasteiger partial charge in [0.1, 0.15) is 11.3 Å². The summed E-state index contributed by atoms with van der Waals surface area (Å²) in [6.45, 7) is 1.29. The van der Waals surface area contributed by atoms with E-state index in [0.717, 1.165) is 5.56 Å². The van der Waals surface area contributed by atoms with Gasteiger partial charge in [-0.15, -0.1) is 0 Å². The van der Waals surface area contributed by atoms with Crippen molar-refractivity contribution in [3.63, 3.8) is 0 Å². The molecule has 0 amide bonds. The lowest BCUT2D eigenvalue weighted by atomic mass is 9.84. The quantitative estimate of drug-likeness (QED) is 0.440. The van der Waals surface area contributed by atoms with E-state index >= 15 is 0 Å². The maximum absolute atomic E-state index is 14.2. The first-order chi connectivity index (χ1) is 17.9. The van der Waals surface area contributed by atoms with Crippen molar-refractivity contribution < 1.29 is 45.7 Å². The molecule has 2 unspecified atom stereocenters. The van der Waals surface area contributed by atoms with Gasteiger partial charge >= 0.3 is 18.3 Å². The Morgan fingerprint density at radius 2 is 1.63 bits per heavy atom. The van der Waals surface area contributed by atoms with Crippen molar-refractivity contribution in [2.75, 3.05) is 13.2 Å². The van der Waals surface area contributed by atoms with E-state index in [-0.39, 0.29) is 48.9 Å². The van der Waals surface area contributed by atoms with Crippen LogP contribution in [0.5, 0.6) is 5.75 Å². The summed E-state index contributed by atoms with van der Waals surface area (Å²) in [6, 6.07) is 7.40. The lowest BCUT2D eigenvalue weighted by Crippen LogP contribution is -2.57. The highest BCUT2D eigenvalue weighted by molar-refractivity contribution is 5.89. The van der Waals surface area contributed by atoms with Gasteiger partial charge in [-0.25, -0.2) is 0 Å². The van der Waals surface area contributed by atoms with E-state index in [0.29, 0.717) is 38.0 Å². The average Bonchev–Trinajstić information content (AvgIpc) is 2.82. The highest BCUT2D eigenvalue weighted by Gasteiger charge is 2.43. The summed E-state index contributed by atoms with van der Waals surface area (Å²) in [7, 11) is 0. The molecular weight excluding hydrogens is 516 g/mol. The number of nitrogens with zero attached hydrogens (tertiary/aromatic N) is 1. The van der Waals surface area contributed by atoms with Gasteiger partial charge in [-0.3, -0.25) is 9.69 Å². The van der Waals surface area contributed by atoms with Gasteiger partial charge < -0.3 is 14.6 Å². The minimum Gasteiger partial charge on any atom is -0.490 e. The first-order valence-electron chi connectivity index (χ1n) is 12.8. The van der Waals surface area contributed by atoms with Crippen molar-refractivity contribution in [1.29, 1.82) is 0 Å². The number of aliphatic carboxylic acids is 1. The van der Waals surface area contributed by atoms with E-state index in [9.17, 15) is 36.2 Å². The van der Waals surface area contributed by atoms with E-state index in [1.807, 2.05) is 0 Å². The number of hydrogen-bond acceptors (Lipinski definition) is 4. The number of carboxylic acid groups (broad SMARTS) is 1. The van der Waals surface area contributed by atoms with Crippen molar-refractivity contribution in [3.05, 3.63) is 41.5 Å². The normalized spacial score (nSPS) is 28.8. The Hall–Kier alpha value is -2.53. The fraction of sp³-hybridized carbons (Fsp3) is 0.593. The number of carbonyl (C=O) groups is 1. The van der Waals surface area contributed by atoms with Gasteiger partial charge in [0, 0.05) is 18.6 Å². The van der Waals surface area contributed by atoms with Gasteiger partial charge in [-0.2, -0.15) is 26.3 Å². The smallest absolute Gasteiger partial charge is 0.420 e. The largest absolute Gasteiger partial charge is 0.490 e. The van der Waals surface area contributed by atoms with Crippen molar-refractivity contribution in [2.24, 2.45) is 11.8 Å². The Balaban J connectivity index is 1.36. The molecule has 2 atom stereocenters. The molecule has 0 spiro atoms. The fourth-order valence-electron chi connectivity index (χ4n) is 6.20. The van der Waals surface area contributed by atoms with Crippen molar-refractivity contribution >= 4 is 16.7 Å². The van der Waals surface area contributed by atoms with Gasteiger partial charge in [0.15, 0.2) is 0 Å². The Morgan fingerprint density at radius 3 is 2.21 bits per heavy atom. The molecule has 3 aliphatic rings. The average molecular weight is 546 g/mol. The second kappa shape index (κ2) is 10.2. The Labute approximate surface area is 215 Å². The van der Waals surface area contributed by atoms with E-state index in [4.69, 9.17) is 9.47 Å². The van der Waals surface area contributed by atoms with Crippen molar-refractivity contribution in [1.82, 2.24) is 4.90 Å². The zero-order chi connectivity index (χ0) is 27.2. The van der Waals surface area contributed by atoms with Crippen LogP contribution < -0.4 is 4.74 Å².